The van der Waals surface area contributed by atoms with Gasteiger partial charge in [-0.15, -0.1) is 5.06 Å². The second-order valence-corrected chi connectivity index (χ2v) is 6.86. The minimum absolute atomic E-state index is 0. The fourth-order valence-corrected chi connectivity index (χ4v) is 2.60. The summed E-state index contributed by atoms with van der Waals surface area (Å²) in [5.41, 5.74) is 0. The van der Waals surface area contributed by atoms with Crippen LogP contribution >= 0.6 is 0 Å². The Balaban J connectivity index is 0. The minimum atomic E-state index is -0.264. The van der Waals surface area contributed by atoms with Crippen LogP contribution in [0.4, 0.5) is 0 Å². The molecule has 0 aromatic heterocycles. The van der Waals surface area contributed by atoms with Gasteiger partial charge in [0.2, 0.25) is 5.91 Å². The number of unbranched alkanes of at least 4 members (excludes halogenated alkanes) is 8. The third-order valence-corrected chi connectivity index (χ3v) is 3.98. The summed E-state index contributed by atoms with van der Waals surface area (Å²) < 4.78 is 0. The summed E-state index contributed by atoms with van der Waals surface area (Å²) in [5, 5.41) is 4.34. The Morgan fingerprint density at radius 3 is 1.96 bits per heavy atom. The summed E-state index contributed by atoms with van der Waals surface area (Å²) in [6.07, 6.45) is 12.8. The topological polar surface area (TPSA) is 58.6 Å². The molecule has 6 heteroatoms. The van der Waals surface area contributed by atoms with Crippen molar-refractivity contribution in [2.45, 2.75) is 96.9 Å². The van der Waals surface area contributed by atoms with Crippen LogP contribution in [0.15, 0.2) is 0 Å². The molecule has 5 nitrogen and oxygen atoms in total. The molecule has 1 unspecified atom stereocenters. The fourth-order valence-electron chi connectivity index (χ4n) is 2.60. The van der Waals surface area contributed by atoms with Crippen LogP contribution in [0.5, 0.6) is 0 Å². The van der Waals surface area contributed by atoms with Gasteiger partial charge in [0.15, 0.2) is 0 Å². The molecular formula is C19H39N2NaO3. The number of nitrogens with zero attached hydrogens (tertiary/aromatic N) is 1. The van der Waals surface area contributed by atoms with E-state index in [0.717, 1.165) is 12.8 Å². The summed E-state index contributed by atoms with van der Waals surface area (Å²) in [6, 6.07) is 0.00535. The molecule has 0 aromatic rings. The molecule has 1 atom stereocenters. The second kappa shape index (κ2) is 18.7. The standard InChI is InChI=1S/C19H38N2O3.Na.H/c1-5-6-7-8-9-10-11-12-13-14-18(22)20-17(2)15-16-19(23)24-21(3)4;;/h17H,5-16H2,1-4H3,(H,20,22);;. The van der Waals surface area contributed by atoms with Crippen molar-refractivity contribution in [3.05, 3.63) is 0 Å². The van der Waals surface area contributed by atoms with E-state index >= 15 is 0 Å². The maximum absolute atomic E-state index is 11.8. The number of amides is 1. The fraction of sp³-hybridized carbons (Fsp3) is 0.895. The predicted octanol–water partition coefficient (Wildman–Crippen LogP) is 3.56. The molecule has 0 heterocycles. The zero-order chi connectivity index (χ0) is 18.2. The van der Waals surface area contributed by atoms with E-state index in [1.165, 1.54) is 50.0 Å². The first kappa shape index (κ1) is 27.1. The predicted molar refractivity (Wildman–Crippen MR) is 106 cm³/mol. The number of carbonyl (C=O) groups excluding carboxylic acids is 2. The SMILES string of the molecule is CCCCCCCCCCCC(=O)NC(C)CCC(=O)ON(C)C.[NaH]. The van der Waals surface area contributed by atoms with Crippen molar-refractivity contribution in [3.8, 4) is 0 Å². The van der Waals surface area contributed by atoms with E-state index in [2.05, 4.69) is 12.2 Å². The quantitative estimate of drug-likeness (QED) is 0.273. The number of hydrogen-bond acceptors (Lipinski definition) is 4. The molecule has 0 aliphatic rings. The molecule has 0 rings (SSSR count). The van der Waals surface area contributed by atoms with Gasteiger partial charge < -0.3 is 10.2 Å². The van der Waals surface area contributed by atoms with Gasteiger partial charge in [-0.25, -0.2) is 0 Å². The first-order chi connectivity index (χ1) is 11.5. The van der Waals surface area contributed by atoms with E-state index in [4.69, 9.17) is 4.84 Å². The van der Waals surface area contributed by atoms with Gasteiger partial charge in [0, 0.05) is 33.0 Å². The zero-order valence-corrected chi connectivity index (χ0v) is 16.2. The zero-order valence-electron chi connectivity index (χ0n) is 16.2. The van der Waals surface area contributed by atoms with Gasteiger partial charge in [-0.2, -0.15) is 0 Å². The Bertz CT molecular complexity index is 339. The molecule has 0 aliphatic carbocycles. The van der Waals surface area contributed by atoms with E-state index in [-0.39, 0.29) is 47.5 Å². The first-order valence-corrected chi connectivity index (χ1v) is 9.63. The van der Waals surface area contributed by atoms with Gasteiger partial charge in [0.1, 0.15) is 0 Å². The molecule has 0 aromatic carbocycles. The maximum atomic E-state index is 11.8. The van der Waals surface area contributed by atoms with E-state index in [0.29, 0.717) is 19.3 Å². The molecule has 144 valence electrons. The van der Waals surface area contributed by atoms with Crippen LogP contribution in [0, 0.1) is 0 Å². The van der Waals surface area contributed by atoms with Crippen LogP contribution in [0.2, 0.25) is 0 Å². The van der Waals surface area contributed by atoms with Gasteiger partial charge in [-0.1, -0.05) is 58.3 Å². The Hall–Kier alpha value is -0.100. The Morgan fingerprint density at radius 2 is 1.44 bits per heavy atom. The number of nitrogens with one attached hydrogen (secondary N) is 1. The molecule has 0 aliphatic heterocycles. The van der Waals surface area contributed by atoms with Crippen LogP contribution in [0.25, 0.3) is 0 Å². The molecule has 0 saturated carbocycles. The van der Waals surface area contributed by atoms with E-state index in [9.17, 15) is 9.59 Å². The normalized spacial score (nSPS) is 11.7. The van der Waals surface area contributed by atoms with Crippen LogP contribution < -0.4 is 5.32 Å². The van der Waals surface area contributed by atoms with Crippen LogP contribution in [-0.2, 0) is 14.4 Å². The third kappa shape index (κ3) is 20.1. The second-order valence-electron chi connectivity index (χ2n) is 6.86. The van der Waals surface area contributed by atoms with Gasteiger partial charge in [0.25, 0.3) is 0 Å². The van der Waals surface area contributed by atoms with E-state index < -0.39 is 0 Å². The van der Waals surface area contributed by atoms with E-state index in [1.54, 1.807) is 14.1 Å². The molecule has 0 saturated heterocycles. The Labute approximate surface area is 176 Å². The van der Waals surface area contributed by atoms with Crippen molar-refractivity contribution < 1.29 is 14.4 Å². The summed E-state index contributed by atoms with van der Waals surface area (Å²) in [4.78, 5) is 28.2. The van der Waals surface area contributed by atoms with Crippen LogP contribution in [-0.4, -0.2) is 66.6 Å². The third-order valence-electron chi connectivity index (χ3n) is 3.98. The van der Waals surface area contributed by atoms with Crippen LogP contribution in [0.1, 0.15) is 90.9 Å². The van der Waals surface area contributed by atoms with Crippen molar-refractivity contribution in [1.82, 2.24) is 10.4 Å². The van der Waals surface area contributed by atoms with Crippen molar-refractivity contribution >= 4 is 41.4 Å². The monoisotopic (exact) mass is 366 g/mol. The van der Waals surface area contributed by atoms with Crippen molar-refractivity contribution in [2.24, 2.45) is 0 Å². The number of hydrogen-bond donors (Lipinski definition) is 1. The Morgan fingerprint density at radius 1 is 0.920 bits per heavy atom. The van der Waals surface area contributed by atoms with Crippen molar-refractivity contribution in [3.63, 3.8) is 0 Å². The van der Waals surface area contributed by atoms with Gasteiger partial charge >= 0.3 is 35.5 Å². The summed E-state index contributed by atoms with van der Waals surface area (Å²) in [7, 11) is 3.35. The molecule has 1 N–H and O–H groups in total. The molecule has 0 radical (unpaired) electrons. The van der Waals surface area contributed by atoms with Gasteiger partial charge in [-0.3, -0.25) is 9.59 Å². The Kier molecular flexibility index (Phi) is 20.3. The van der Waals surface area contributed by atoms with Crippen LogP contribution in [0.3, 0.4) is 0 Å². The van der Waals surface area contributed by atoms with Crippen molar-refractivity contribution in [2.75, 3.05) is 14.1 Å². The summed E-state index contributed by atoms with van der Waals surface area (Å²) >= 11 is 0. The molecule has 1 amide bonds. The number of hydroxylamine groups is 2. The molecule has 0 bridgehead atoms. The summed E-state index contributed by atoms with van der Waals surface area (Å²) in [5.74, 6) is -0.175. The summed E-state index contributed by atoms with van der Waals surface area (Å²) in [6.45, 7) is 4.17. The average Bonchev–Trinajstić information content (AvgIpc) is 2.50. The van der Waals surface area contributed by atoms with Gasteiger partial charge in [0.05, 0.1) is 0 Å². The first-order valence-electron chi connectivity index (χ1n) is 9.63. The average molecular weight is 367 g/mol. The molecule has 0 spiro atoms. The number of rotatable bonds is 15. The molecule has 25 heavy (non-hydrogen) atoms. The van der Waals surface area contributed by atoms with Crippen molar-refractivity contribution in [1.29, 1.82) is 0 Å². The van der Waals surface area contributed by atoms with E-state index in [1.807, 2.05) is 6.92 Å². The molecular weight excluding hydrogens is 327 g/mol. The molecule has 0 fully saturated rings. The number of carbonyl (C=O) groups is 2. The van der Waals surface area contributed by atoms with Gasteiger partial charge in [-0.05, 0) is 19.8 Å².